The molecule has 2 heteroatoms. The second-order valence-electron chi connectivity index (χ2n) is 12.3. The third kappa shape index (κ3) is 3.55. The van der Waals surface area contributed by atoms with Crippen molar-refractivity contribution < 1.29 is 9.90 Å². The molecular weight excluding hydrogens is 392 g/mol. The second-order valence-corrected chi connectivity index (χ2v) is 12.3. The maximum absolute atomic E-state index is 12.7. The Kier molecular flexibility index (Phi) is 6.18. The van der Waals surface area contributed by atoms with E-state index in [0.29, 0.717) is 23.7 Å². The molecule has 4 fully saturated rings. The Morgan fingerprint density at radius 1 is 0.875 bits per heavy atom. The lowest BCUT2D eigenvalue weighted by molar-refractivity contribution is -0.187. The van der Waals surface area contributed by atoms with E-state index in [4.69, 9.17) is 0 Å². The zero-order chi connectivity index (χ0) is 22.3. The Morgan fingerprint density at radius 3 is 2.28 bits per heavy atom. The number of hydrogen-bond acceptors (Lipinski definition) is 1. The van der Waals surface area contributed by atoms with Crippen molar-refractivity contribution in [1.29, 1.82) is 0 Å². The van der Waals surface area contributed by atoms with Gasteiger partial charge in [0.25, 0.3) is 0 Å². The maximum Gasteiger partial charge on any atom is 0.309 e. The molecule has 0 heterocycles. The summed E-state index contributed by atoms with van der Waals surface area (Å²) in [5.74, 6) is 3.32. The zero-order valence-electron chi connectivity index (χ0n) is 20.4. The van der Waals surface area contributed by atoms with Gasteiger partial charge >= 0.3 is 5.97 Å². The first-order valence-corrected chi connectivity index (χ1v) is 13.7. The summed E-state index contributed by atoms with van der Waals surface area (Å²) in [6.45, 7) is 4.69. The minimum Gasteiger partial charge on any atom is -0.481 e. The molecule has 4 aliphatic carbocycles. The molecule has 0 amide bonds. The molecule has 0 aromatic heterocycles. The van der Waals surface area contributed by atoms with E-state index >= 15 is 0 Å². The lowest BCUT2D eigenvalue weighted by Gasteiger charge is -2.65. The van der Waals surface area contributed by atoms with Crippen molar-refractivity contribution in [2.45, 2.75) is 103 Å². The fourth-order valence-electron chi connectivity index (χ4n) is 9.63. The van der Waals surface area contributed by atoms with Crippen LogP contribution in [0, 0.1) is 40.4 Å². The average Bonchev–Trinajstić information content (AvgIpc) is 2.82. The largest absolute Gasteiger partial charge is 0.481 e. The highest BCUT2D eigenvalue weighted by Crippen LogP contribution is 2.69. The lowest BCUT2D eigenvalue weighted by Crippen LogP contribution is -2.60. The highest BCUT2D eigenvalue weighted by atomic mass is 16.4. The number of fused-ring (bicyclic) bond motifs is 3. The molecule has 1 aromatic carbocycles. The van der Waals surface area contributed by atoms with Crippen LogP contribution >= 0.6 is 0 Å². The van der Waals surface area contributed by atoms with Gasteiger partial charge in [0.1, 0.15) is 0 Å². The van der Waals surface area contributed by atoms with Crippen molar-refractivity contribution in [1.82, 2.24) is 0 Å². The van der Waals surface area contributed by atoms with Crippen molar-refractivity contribution in [3.8, 4) is 0 Å². The Hall–Kier alpha value is -1.31. The van der Waals surface area contributed by atoms with Crippen molar-refractivity contribution in [3.05, 3.63) is 35.9 Å². The van der Waals surface area contributed by atoms with Gasteiger partial charge in [-0.3, -0.25) is 4.79 Å². The summed E-state index contributed by atoms with van der Waals surface area (Å²) in [5, 5.41) is 10.4. The van der Waals surface area contributed by atoms with Crippen molar-refractivity contribution in [3.63, 3.8) is 0 Å². The number of benzene rings is 1. The normalized spacial score (nSPS) is 41.3. The molecule has 7 atom stereocenters. The topological polar surface area (TPSA) is 37.3 Å². The van der Waals surface area contributed by atoms with Crippen molar-refractivity contribution in [2.75, 3.05) is 0 Å². The summed E-state index contributed by atoms with van der Waals surface area (Å²) in [5.41, 5.74) is 1.13. The molecule has 1 N–H and O–H groups in total. The molecule has 0 bridgehead atoms. The molecule has 0 saturated heterocycles. The van der Waals surface area contributed by atoms with Crippen LogP contribution in [0.5, 0.6) is 0 Å². The summed E-state index contributed by atoms with van der Waals surface area (Å²) in [7, 11) is 0. The van der Waals surface area contributed by atoms with E-state index in [2.05, 4.69) is 44.2 Å². The number of carboxylic acid groups (broad SMARTS) is 1. The maximum atomic E-state index is 12.7. The van der Waals surface area contributed by atoms with Gasteiger partial charge in [-0.2, -0.15) is 0 Å². The smallest absolute Gasteiger partial charge is 0.309 e. The van der Waals surface area contributed by atoms with Crippen molar-refractivity contribution in [2.24, 2.45) is 40.4 Å². The number of carbonyl (C=O) groups is 1. The van der Waals surface area contributed by atoms with E-state index in [0.717, 1.165) is 31.1 Å². The van der Waals surface area contributed by atoms with Crippen molar-refractivity contribution >= 4 is 5.97 Å². The summed E-state index contributed by atoms with van der Waals surface area (Å²) in [6, 6.07) is 11.4. The third-order valence-corrected chi connectivity index (χ3v) is 11.1. The Balaban J connectivity index is 1.61. The predicted octanol–water partition coefficient (Wildman–Crippen LogP) is 8.07. The van der Waals surface area contributed by atoms with Gasteiger partial charge in [-0.15, -0.1) is 0 Å². The molecule has 4 saturated carbocycles. The lowest BCUT2D eigenvalue weighted by atomic mass is 9.39. The fourth-order valence-corrected chi connectivity index (χ4v) is 9.63. The number of carboxylic acids is 1. The first-order valence-electron chi connectivity index (χ1n) is 13.7. The van der Waals surface area contributed by atoms with Crippen LogP contribution in [0.1, 0.15) is 109 Å². The second kappa shape index (κ2) is 8.80. The van der Waals surface area contributed by atoms with E-state index in [9.17, 15) is 9.90 Å². The Morgan fingerprint density at radius 2 is 1.56 bits per heavy atom. The first kappa shape index (κ1) is 22.5. The van der Waals surface area contributed by atoms with Gasteiger partial charge in [-0.05, 0) is 98.4 Å². The van der Waals surface area contributed by atoms with E-state index in [1.165, 1.54) is 64.2 Å². The number of rotatable bonds is 4. The van der Waals surface area contributed by atoms with Crippen LogP contribution in [-0.4, -0.2) is 11.1 Å². The predicted molar refractivity (Wildman–Crippen MR) is 131 cm³/mol. The number of aliphatic carboxylic acids is 1. The molecule has 5 rings (SSSR count). The fraction of sp³-hybridized carbons (Fsp3) is 0.767. The van der Waals surface area contributed by atoms with Gasteiger partial charge in [0.15, 0.2) is 0 Å². The molecule has 0 spiro atoms. The Bertz CT molecular complexity index is 796. The summed E-state index contributed by atoms with van der Waals surface area (Å²) >= 11 is 0. The third-order valence-electron chi connectivity index (χ3n) is 11.1. The van der Waals surface area contributed by atoms with Crippen LogP contribution < -0.4 is 0 Å². The van der Waals surface area contributed by atoms with Gasteiger partial charge in [-0.1, -0.05) is 75.8 Å². The minimum absolute atomic E-state index is 0.146. The van der Waals surface area contributed by atoms with E-state index in [1.54, 1.807) is 5.56 Å². The van der Waals surface area contributed by atoms with Gasteiger partial charge < -0.3 is 5.11 Å². The zero-order valence-corrected chi connectivity index (χ0v) is 20.4. The highest BCUT2D eigenvalue weighted by molar-refractivity contribution is 5.75. The van der Waals surface area contributed by atoms with E-state index < -0.39 is 11.4 Å². The molecule has 2 nitrogen and oxygen atoms in total. The monoisotopic (exact) mass is 436 g/mol. The standard InChI is InChI=1S/C30H44O2/c1-29(28(31)32)20-19-25(30(2)24-16-10-9-11-21(24)17-18-26(29)30)27(22-12-5-3-6-13-22)23-14-7-4-8-15-23/h3,5-6,12-13,21,23-27H,4,7-11,14-20H2,1-2H3,(H,31,32)/t21-,24+,25?,26?,27?,29+,30+/m1/s1. The van der Waals surface area contributed by atoms with Crippen LogP contribution in [0.2, 0.25) is 0 Å². The quantitative estimate of drug-likeness (QED) is 0.518. The molecule has 4 aliphatic rings. The summed E-state index contributed by atoms with van der Waals surface area (Å²) < 4.78 is 0. The van der Waals surface area contributed by atoms with E-state index in [1.807, 2.05) is 0 Å². The minimum atomic E-state index is -0.554. The SMILES string of the molecule is C[C@]12C(C(c3ccccc3)C3CCCCC3)CC[C@](C)(C(=O)O)C1CC[C@H]1CCCC[C@@H]12. The van der Waals surface area contributed by atoms with Crippen LogP contribution in [0.25, 0.3) is 0 Å². The summed E-state index contributed by atoms with van der Waals surface area (Å²) in [6.07, 6.45) is 16.6. The molecule has 3 unspecified atom stereocenters. The van der Waals surface area contributed by atoms with Crippen LogP contribution in [0.15, 0.2) is 30.3 Å². The molecule has 1 aromatic rings. The van der Waals surface area contributed by atoms with Gasteiger partial charge in [0.05, 0.1) is 5.41 Å². The highest BCUT2D eigenvalue weighted by Gasteiger charge is 2.63. The summed E-state index contributed by atoms with van der Waals surface area (Å²) in [4.78, 5) is 12.7. The average molecular weight is 437 g/mol. The van der Waals surface area contributed by atoms with Gasteiger partial charge in [0, 0.05) is 0 Å². The van der Waals surface area contributed by atoms with Crippen LogP contribution in [0.3, 0.4) is 0 Å². The number of hydrogen-bond donors (Lipinski definition) is 1. The molecular formula is C30H44O2. The Labute approximate surface area is 195 Å². The van der Waals surface area contributed by atoms with E-state index in [-0.39, 0.29) is 5.41 Å². The van der Waals surface area contributed by atoms with Gasteiger partial charge in [0.2, 0.25) is 0 Å². The van der Waals surface area contributed by atoms with Crippen LogP contribution in [0.4, 0.5) is 0 Å². The first-order chi connectivity index (χ1) is 15.5. The molecule has 0 aliphatic heterocycles. The molecule has 32 heavy (non-hydrogen) atoms. The van der Waals surface area contributed by atoms with Crippen LogP contribution in [-0.2, 0) is 4.79 Å². The van der Waals surface area contributed by atoms with Gasteiger partial charge in [-0.25, -0.2) is 0 Å². The molecule has 176 valence electrons. The molecule has 0 radical (unpaired) electrons.